The van der Waals surface area contributed by atoms with Gasteiger partial charge in [-0.15, -0.1) is 0 Å². The molecule has 1 atom stereocenters. The van der Waals surface area contributed by atoms with Crippen LogP contribution in [-0.4, -0.2) is 0 Å². The maximum atomic E-state index is 2.36. The average Bonchev–Trinajstić information content (AvgIpc) is 2.15. The Morgan fingerprint density at radius 3 is 2.57 bits per heavy atom. The lowest BCUT2D eigenvalue weighted by Crippen LogP contribution is -2.22. The quantitative estimate of drug-likeness (QED) is 0.573. The van der Waals surface area contributed by atoms with Crippen molar-refractivity contribution in [1.82, 2.24) is 0 Å². The van der Waals surface area contributed by atoms with E-state index >= 15 is 0 Å². The number of hydrogen-bond acceptors (Lipinski definition) is 0. The molecular formula is C14H20. The Balaban J connectivity index is 2.41. The summed E-state index contributed by atoms with van der Waals surface area (Å²) in [6.45, 7) is 7.08. The highest BCUT2D eigenvalue weighted by Crippen LogP contribution is 2.43. The van der Waals surface area contributed by atoms with E-state index in [-0.39, 0.29) is 0 Å². The van der Waals surface area contributed by atoms with Gasteiger partial charge in [0.05, 0.1) is 0 Å². The van der Waals surface area contributed by atoms with Gasteiger partial charge in [0.25, 0.3) is 0 Å². The Hall–Kier alpha value is -0.780. The smallest absolute Gasteiger partial charge is 0.0110 e. The first-order chi connectivity index (χ1) is 6.59. The Morgan fingerprint density at radius 1 is 1.14 bits per heavy atom. The van der Waals surface area contributed by atoms with Crippen molar-refractivity contribution in [3.8, 4) is 0 Å². The van der Waals surface area contributed by atoms with E-state index in [9.17, 15) is 0 Å². The molecule has 1 aliphatic rings. The molecule has 0 fully saturated rings. The van der Waals surface area contributed by atoms with Crippen molar-refractivity contribution in [2.24, 2.45) is 5.41 Å². The van der Waals surface area contributed by atoms with Gasteiger partial charge in [-0.25, -0.2) is 0 Å². The summed E-state index contributed by atoms with van der Waals surface area (Å²) in [5.74, 6) is 0.757. The third-order valence-electron chi connectivity index (χ3n) is 3.41. The molecule has 0 radical (unpaired) electrons. The van der Waals surface area contributed by atoms with E-state index in [0.29, 0.717) is 5.41 Å². The highest BCUT2D eigenvalue weighted by atomic mass is 14.3. The van der Waals surface area contributed by atoms with Crippen LogP contribution in [0.2, 0.25) is 0 Å². The lowest BCUT2D eigenvalue weighted by Gasteiger charge is -2.35. The SMILES string of the molecule is CC(C)(C)[C@H]1CCCc2ccccc21. The Bertz CT molecular complexity index is 317. The molecule has 0 heterocycles. The molecule has 0 unspecified atom stereocenters. The van der Waals surface area contributed by atoms with Crippen LogP contribution in [0.3, 0.4) is 0 Å². The van der Waals surface area contributed by atoms with Crippen molar-refractivity contribution in [2.75, 3.05) is 0 Å². The van der Waals surface area contributed by atoms with Gasteiger partial charge < -0.3 is 0 Å². The molecule has 0 amide bonds. The monoisotopic (exact) mass is 188 g/mol. The van der Waals surface area contributed by atoms with Gasteiger partial charge in [0, 0.05) is 0 Å². The van der Waals surface area contributed by atoms with Crippen LogP contribution in [0.15, 0.2) is 24.3 Å². The summed E-state index contributed by atoms with van der Waals surface area (Å²) in [6, 6.07) is 8.98. The van der Waals surface area contributed by atoms with E-state index in [4.69, 9.17) is 0 Å². The normalized spacial score (nSPS) is 21.8. The van der Waals surface area contributed by atoms with E-state index in [2.05, 4.69) is 45.0 Å². The molecule has 0 saturated heterocycles. The van der Waals surface area contributed by atoms with Gasteiger partial charge in [-0.3, -0.25) is 0 Å². The number of fused-ring (bicyclic) bond motifs is 1. The summed E-state index contributed by atoms with van der Waals surface area (Å²) in [5.41, 5.74) is 3.60. The summed E-state index contributed by atoms with van der Waals surface area (Å²) in [4.78, 5) is 0. The molecule has 76 valence electrons. The lowest BCUT2D eigenvalue weighted by atomic mass is 9.69. The van der Waals surface area contributed by atoms with Crippen molar-refractivity contribution in [2.45, 2.75) is 46.0 Å². The van der Waals surface area contributed by atoms with Crippen LogP contribution in [0.25, 0.3) is 0 Å². The molecule has 0 N–H and O–H groups in total. The van der Waals surface area contributed by atoms with E-state index in [1.54, 1.807) is 11.1 Å². The minimum atomic E-state index is 0.413. The fourth-order valence-electron chi connectivity index (χ4n) is 2.65. The zero-order chi connectivity index (χ0) is 10.2. The third-order valence-corrected chi connectivity index (χ3v) is 3.41. The van der Waals surface area contributed by atoms with Crippen molar-refractivity contribution < 1.29 is 0 Å². The molecule has 0 aliphatic heterocycles. The number of rotatable bonds is 0. The molecule has 0 aromatic heterocycles. The van der Waals surface area contributed by atoms with Crippen LogP contribution in [-0.2, 0) is 6.42 Å². The highest BCUT2D eigenvalue weighted by molar-refractivity contribution is 5.33. The number of aryl methyl sites for hydroxylation is 1. The second kappa shape index (κ2) is 3.42. The predicted octanol–water partition coefficient (Wildman–Crippen LogP) is 4.15. The van der Waals surface area contributed by atoms with Crippen LogP contribution in [0.1, 0.15) is 50.7 Å². The van der Waals surface area contributed by atoms with E-state index in [0.717, 1.165) is 5.92 Å². The minimum Gasteiger partial charge on any atom is -0.0620 e. The Kier molecular flexibility index (Phi) is 2.38. The summed E-state index contributed by atoms with van der Waals surface area (Å²) < 4.78 is 0. The van der Waals surface area contributed by atoms with Crippen molar-refractivity contribution in [3.05, 3.63) is 35.4 Å². The standard InChI is InChI=1S/C14H20/c1-14(2,3)13-10-6-8-11-7-4-5-9-12(11)13/h4-5,7,9,13H,6,8,10H2,1-3H3/t13-/m0/s1. The number of hydrogen-bond donors (Lipinski definition) is 0. The van der Waals surface area contributed by atoms with Crippen molar-refractivity contribution in [1.29, 1.82) is 0 Å². The molecule has 0 bridgehead atoms. The Morgan fingerprint density at radius 2 is 1.86 bits per heavy atom. The maximum Gasteiger partial charge on any atom is -0.0110 e. The van der Waals surface area contributed by atoms with E-state index in [1.807, 2.05) is 0 Å². The summed E-state index contributed by atoms with van der Waals surface area (Å²) in [5, 5.41) is 0. The second-order valence-electron chi connectivity index (χ2n) is 5.51. The minimum absolute atomic E-state index is 0.413. The molecule has 0 heteroatoms. The molecule has 1 aromatic carbocycles. The lowest BCUT2D eigenvalue weighted by molar-refractivity contribution is 0.289. The first-order valence-corrected chi connectivity index (χ1v) is 5.67. The molecule has 0 saturated carbocycles. The third kappa shape index (κ3) is 1.70. The molecule has 0 spiro atoms. The van der Waals surface area contributed by atoms with Gasteiger partial charge in [0.2, 0.25) is 0 Å². The van der Waals surface area contributed by atoms with Gasteiger partial charge in [0.1, 0.15) is 0 Å². The van der Waals surface area contributed by atoms with Gasteiger partial charge >= 0.3 is 0 Å². The largest absolute Gasteiger partial charge is 0.0620 e. The van der Waals surface area contributed by atoms with Crippen LogP contribution in [0.5, 0.6) is 0 Å². The van der Waals surface area contributed by atoms with Gasteiger partial charge in [-0.1, -0.05) is 45.0 Å². The van der Waals surface area contributed by atoms with Crippen LogP contribution < -0.4 is 0 Å². The average molecular weight is 188 g/mol. The van der Waals surface area contributed by atoms with Gasteiger partial charge in [-0.05, 0) is 41.7 Å². The second-order valence-corrected chi connectivity index (χ2v) is 5.51. The molecule has 1 aromatic rings. The van der Waals surface area contributed by atoms with Crippen LogP contribution in [0, 0.1) is 5.41 Å². The summed E-state index contributed by atoms with van der Waals surface area (Å²) >= 11 is 0. The van der Waals surface area contributed by atoms with E-state index < -0.39 is 0 Å². The first-order valence-electron chi connectivity index (χ1n) is 5.67. The number of benzene rings is 1. The summed E-state index contributed by atoms with van der Waals surface area (Å²) in [6.07, 6.45) is 4.00. The Labute approximate surface area is 87.3 Å². The summed E-state index contributed by atoms with van der Waals surface area (Å²) in [7, 11) is 0. The van der Waals surface area contributed by atoms with Crippen LogP contribution >= 0.6 is 0 Å². The molecular weight excluding hydrogens is 168 g/mol. The fraction of sp³-hybridized carbons (Fsp3) is 0.571. The molecule has 2 rings (SSSR count). The zero-order valence-electron chi connectivity index (χ0n) is 9.51. The topological polar surface area (TPSA) is 0 Å². The fourth-order valence-corrected chi connectivity index (χ4v) is 2.65. The zero-order valence-corrected chi connectivity index (χ0v) is 9.51. The molecule has 1 aliphatic carbocycles. The first kappa shape index (κ1) is 9.76. The van der Waals surface area contributed by atoms with Gasteiger partial charge in [0.15, 0.2) is 0 Å². The van der Waals surface area contributed by atoms with Crippen molar-refractivity contribution in [3.63, 3.8) is 0 Å². The predicted molar refractivity (Wildman–Crippen MR) is 61.6 cm³/mol. The van der Waals surface area contributed by atoms with Crippen LogP contribution in [0.4, 0.5) is 0 Å². The van der Waals surface area contributed by atoms with E-state index in [1.165, 1.54) is 19.3 Å². The van der Waals surface area contributed by atoms with Crippen molar-refractivity contribution >= 4 is 0 Å². The molecule has 14 heavy (non-hydrogen) atoms. The maximum absolute atomic E-state index is 2.36. The highest BCUT2D eigenvalue weighted by Gasteiger charge is 2.29. The molecule has 0 nitrogen and oxygen atoms in total. The van der Waals surface area contributed by atoms with Gasteiger partial charge in [-0.2, -0.15) is 0 Å².